The zero-order chi connectivity index (χ0) is 16.6. The fourth-order valence-corrected chi connectivity index (χ4v) is 1.81. The van der Waals surface area contributed by atoms with E-state index >= 15 is 0 Å². The van der Waals surface area contributed by atoms with Crippen molar-refractivity contribution in [1.82, 2.24) is 10.6 Å². The molecule has 0 fully saturated rings. The first-order valence-electron chi connectivity index (χ1n) is 7.08. The van der Waals surface area contributed by atoms with Gasteiger partial charge in [0.05, 0.1) is 20.1 Å². The predicted molar refractivity (Wildman–Crippen MR) is 96.6 cm³/mol. The van der Waals surface area contributed by atoms with Crippen LogP contribution in [0.1, 0.15) is 24.5 Å². The maximum Gasteiger partial charge on any atom is 0.390 e. The first-order chi connectivity index (χ1) is 10.4. The fourth-order valence-electron chi connectivity index (χ4n) is 1.81. The highest BCUT2D eigenvalue weighted by Gasteiger charge is 2.26. The standard InChI is InChI=1S/C15H22F3N3O.HI/c1-4-19-14(20-8-7-15(16,17)18)21-10-12-6-5-11(2)9-13(12)22-3;/h5-6,9H,4,7-8,10H2,1-3H3,(H2,19,20,21);1H. The van der Waals surface area contributed by atoms with Gasteiger partial charge in [0.15, 0.2) is 5.96 Å². The summed E-state index contributed by atoms with van der Waals surface area (Å²) in [5.41, 5.74) is 1.95. The van der Waals surface area contributed by atoms with Crippen LogP contribution in [0.2, 0.25) is 0 Å². The summed E-state index contributed by atoms with van der Waals surface area (Å²) in [5.74, 6) is 1.07. The lowest BCUT2D eigenvalue weighted by Crippen LogP contribution is -2.38. The first-order valence-corrected chi connectivity index (χ1v) is 7.08. The van der Waals surface area contributed by atoms with Crippen molar-refractivity contribution in [2.75, 3.05) is 20.2 Å². The molecule has 0 radical (unpaired) electrons. The van der Waals surface area contributed by atoms with Gasteiger partial charge in [-0.25, -0.2) is 4.99 Å². The lowest BCUT2D eigenvalue weighted by Gasteiger charge is -2.13. The van der Waals surface area contributed by atoms with Crippen LogP contribution in [0, 0.1) is 6.92 Å². The van der Waals surface area contributed by atoms with Crippen molar-refractivity contribution in [3.8, 4) is 5.75 Å². The van der Waals surface area contributed by atoms with Crippen LogP contribution in [0.5, 0.6) is 5.75 Å². The van der Waals surface area contributed by atoms with Crippen molar-refractivity contribution in [2.24, 2.45) is 4.99 Å². The molecule has 132 valence electrons. The van der Waals surface area contributed by atoms with Gasteiger partial charge in [-0.1, -0.05) is 12.1 Å². The second kappa shape index (κ2) is 10.6. The molecule has 0 spiro atoms. The zero-order valence-electron chi connectivity index (χ0n) is 13.5. The highest BCUT2D eigenvalue weighted by molar-refractivity contribution is 14.0. The SMILES string of the molecule is CCNC(=NCc1ccc(C)cc1OC)NCCC(F)(F)F.I. The number of hydrogen-bond donors (Lipinski definition) is 2. The number of guanidine groups is 1. The molecule has 8 heteroatoms. The third-order valence-corrected chi connectivity index (χ3v) is 2.90. The minimum atomic E-state index is -4.18. The van der Waals surface area contributed by atoms with Gasteiger partial charge < -0.3 is 15.4 Å². The van der Waals surface area contributed by atoms with E-state index in [-0.39, 0.29) is 30.5 Å². The molecule has 0 bridgehead atoms. The lowest BCUT2D eigenvalue weighted by molar-refractivity contribution is -0.132. The molecule has 0 heterocycles. The normalized spacial score (nSPS) is 11.7. The van der Waals surface area contributed by atoms with Gasteiger partial charge in [0.1, 0.15) is 5.75 Å². The van der Waals surface area contributed by atoms with Gasteiger partial charge in [0.25, 0.3) is 0 Å². The third kappa shape index (κ3) is 8.87. The van der Waals surface area contributed by atoms with E-state index in [1.807, 2.05) is 32.0 Å². The van der Waals surface area contributed by atoms with E-state index in [0.717, 1.165) is 16.9 Å². The first kappa shape index (κ1) is 21.8. The minimum Gasteiger partial charge on any atom is -0.496 e. The average Bonchev–Trinajstić information content (AvgIpc) is 2.44. The Morgan fingerprint density at radius 2 is 1.96 bits per heavy atom. The Morgan fingerprint density at radius 1 is 1.26 bits per heavy atom. The van der Waals surface area contributed by atoms with Gasteiger partial charge in [0.2, 0.25) is 0 Å². The molecule has 4 nitrogen and oxygen atoms in total. The summed E-state index contributed by atoms with van der Waals surface area (Å²) in [6.45, 7) is 4.50. The summed E-state index contributed by atoms with van der Waals surface area (Å²) in [4.78, 5) is 4.29. The minimum absolute atomic E-state index is 0. The molecule has 0 aliphatic heterocycles. The van der Waals surface area contributed by atoms with Gasteiger partial charge >= 0.3 is 6.18 Å². The fraction of sp³-hybridized carbons (Fsp3) is 0.533. The molecule has 1 aromatic carbocycles. The highest BCUT2D eigenvalue weighted by Crippen LogP contribution is 2.20. The van der Waals surface area contributed by atoms with Crippen molar-refractivity contribution in [2.45, 2.75) is 33.0 Å². The largest absolute Gasteiger partial charge is 0.496 e. The van der Waals surface area contributed by atoms with Gasteiger partial charge in [0, 0.05) is 18.7 Å². The molecule has 0 aliphatic rings. The number of methoxy groups -OCH3 is 1. The number of aliphatic imine (C=N–C) groups is 1. The smallest absolute Gasteiger partial charge is 0.390 e. The van der Waals surface area contributed by atoms with Gasteiger partial charge in [-0.3, -0.25) is 0 Å². The number of benzene rings is 1. The Hall–Kier alpha value is -1.19. The van der Waals surface area contributed by atoms with E-state index in [0.29, 0.717) is 19.0 Å². The monoisotopic (exact) mass is 445 g/mol. The molecule has 2 N–H and O–H groups in total. The second-order valence-electron chi connectivity index (χ2n) is 4.80. The van der Waals surface area contributed by atoms with Crippen molar-refractivity contribution in [3.05, 3.63) is 29.3 Å². The average molecular weight is 445 g/mol. The lowest BCUT2D eigenvalue weighted by atomic mass is 10.1. The second-order valence-corrected chi connectivity index (χ2v) is 4.80. The number of halogens is 4. The summed E-state index contributed by atoms with van der Waals surface area (Å²) >= 11 is 0. The number of hydrogen-bond acceptors (Lipinski definition) is 2. The molecule has 23 heavy (non-hydrogen) atoms. The van der Waals surface area contributed by atoms with Crippen LogP contribution in [0.3, 0.4) is 0 Å². The van der Waals surface area contributed by atoms with Crippen LogP contribution < -0.4 is 15.4 Å². The van der Waals surface area contributed by atoms with Crippen LogP contribution in [0.25, 0.3) is 0 Å². The Bertz CT molecular complexity index is 507. The quantitative estimate of drug-likeness (QED) is 0.400. The molecule has 0 aromatic heterocycles. The molecular weight excluding hydrogens is 422 g/mol. The molecule has 0 saturated carbocycles. The van der Waals surface area contributed by atoms with Crippen LogP contribution in [0.4, 0.5) is 13.2 Å². The molecule has 1 rings (SSSR count). The van der Waals surface area contributed by atoms with Crippen LogP contribution in [0.15, 0.2) is 23.2 Å². The number of alkyl halides is 3. The summed E-state index contributed by atoms with van der Waals surface area (Å²) < 4.78 is 41.8. The van der Waals surface area contributed by atoms with E-state index in [1.165, 1.54) is 0 Å². The van der Waals surface area contributed by atoms with Crippen molar-refractivity contribution < 1.29 is 17.9 Å². The number of ether oxygens (including phenoxy) is 1. The summed E-state index contributed by atoms with van der Waals surface area (Å²) in [5, 5.41) is 5.59. The maximum absolute atomic E-state index is 12.2. The van der Waals surface area contributed by atoms with Gasteiger partial charge in [-0.15, -0.1) is 24.0 Å². The molecular formula is C15H23F3IN3O. The Kier molecular flexibility index (Phi) is 10.0. The van der Waals surface area contributed by atoms with Gasteiger partial charge in [-0.2, -0.15) is 13.2 Å². The van der Waals surface area contributed by atoms with E-state index in [2.05, 4.69) is 15.6 Å². The number of aryl methyl sites for hydroxylation is 1. The Labute approximate surface area is 151 Å². The summed E-state index contributed by atoms with van der Waals surface area (Å²) in [7, 11) is 1.58. The maximum atomic E-state index is 12.2. The van der Waals surface area contributed by atoms with Gasteiger partial charge in [-0.05, 0) is 25.5 Å². The van der Waals surface area contributed by atoms with Crippen LogP contribution >= 0.6 is 24.0 Å². The molecule has 1 aromatic rings. The molecule has 0 unspecified atom stereocenters. The topological polar surface area (TPSA) is 45.7 Å². The van der Waals surface area contributed by atoms with E-state index in [1.54, 1.807) is 7.11 Å². The Morgan fingerprint density at radius 3 is 2.52 bits per heavy atom. The van der Waals surface area contributed by atoms with Crippen LogP contribution in [-0.2, 0) is 6.54 Å². The molecule has 0 saturated heterocycles. The van der Waals surface area contributed by atoms with Crippen molar-refractivity contribution in [3.63, 3.8) is 0 Å². The summed E-state index contributed by atoms with van der Waals surface area (Å²) in [6.07, 6.45) is -5.07. The van der Waals surface area contributed by atoms with Crippen LogP contribution in [-0.4, -0.2) is 32.3 Å². The third-order valence-electron chi connectivity index (χ3n) is 2.90. The number of nitrogens with one attached hydrogen (secondary N) is 2. The predicted octanol–water partition coefficient (Wildman–Crippen LogP) is 3.63. The number of rotatable bonds is 6. The van der Waals surface area contributed by atoms with E-state index < -0.39 is 12.6 Å². The van der Waals surface area contributed by atoms with E-state index in [4.69, 9.17) is 4.74 Å². The Balaban J connectivity index is 0.00000484. The molecule has 0 atom stereocenters. The van der Waals surface area contributed by atoms with E-state index in [9.17, 15) is 13.2 Å². The number of nitrogens with zero attached hydrogens (tertiary/aromatic N) is 1. The highest BCUT2D eigenvalue weighted by atomic mass is 127. The van der Waals surface area contributed by atoms with Crippen molar-refractivity contribution >= 4 is 29.9 Å². The molecule has 0 amide bonds. The summed E-state index contributed by atoms with van der Waals surface area (Å²) in [6, 6.07) is 5.74. The zero-order valence-corrected chi connectivity index (χ0v) is 15.8. The molecule has 0 aliphatic carbocycles. The van der Waals surface area contributed by atoms with Crippen molar-refractivity contribution in [1.29, 1.82) is 0 Å².